The van der Waals surface area contributed by atoms with Gasteiger partial charge in [-0.15, -0.1) is 0 Å². The van der Waals surface area contributed by atoms with Gasteiger partial charge in [-0.25, -0.2) is 0 Å². The van der Waals surface area contributed by atoms with Gasteiger partial charge in [0.15, 0.2) is 0 Å². The van der Waals surface area contributed by atoms with Crippen molar-refractivity contribution in [1.82, 2.24) is 0 Å². The van der Waals surface area contributed by atoms with Crippen molar-refractivity contribution in [2.75, 3.05) is 4.43 Å². The van der Waals surface area contributed by atoms with Crippen LogP contribution in [0.3, 0.4) is 0 Å². The Hall–Kier alpha value is -0.130. The SMILES string of the molecule is CCCCCCCCCCC[C@H](CC(C)=O)OC(=O)CCCCCCCCCCCCCCI. The molecule has 0 aliphatic carbocycles. The molecule has 4 heteroatoms. The molecule has 3 nitrogen and oxygen atoms in total. The highest BCUT2D eigenvalue weighted by Gasteiger charge is 2.16. The van der Waals surface area contributed by atoms with Crippen LogP contribution >= 0.6 is 22.6 Å². The smallest absolute Gasteiger partial charge is 0.306 e. The third-order valence-corrected chi connectivity index (χ3v) is 7.47. The van der Waals surface area contributed by atoms with Gasteiger partial charge in [-0.1, -0.05) is 145 Å². The van der Waals surface area contributed by atoms with Crippen LogP contribution in [0.5, 0.6) is 0 Å². The molecule has 202 valence electrons. The Morgan fingerprint density at radius 3 is 1.47 bits per heavy atom. The van der Waals surface area contributed by atoms with Crippen LogP contribution in [0.2, 0.25) is 0 Å². The zero-order valence-electron chi connectivity index (χ0n) is 22.9. The second-order valence-electron chi connectivity index (χ2n) is 10.3. The molecule has 0 radical (unpaired) electrons. The molecule has 34 heavy (non-hydrogen) atoms. The lowest BCUT2D eigenvalue weighted by molar-refractivity contribution is -0.150. The topological polar surface area (TPSA) is 43.4 Å². The van der Waals surface area contributed by atoms with E-state index < -0.39 is 0 Å². The highest BCUT2D eigenvalue weighted by atomic mass is 127. The molecule has 0 fully saturated rings. The van der Waals surface area contributed by atoms with Gasteiger partial charge in [-0.3, -0.25) is 9.59 Å². The molecule has 0 aromatic heterocycles. The van der Waals surface area contributed by atoms with E-state index >= 15 is 0 Å². The van der Waals surface area contributed by atoms with Crippen molar-refractivity contribution in [3.8, 4) is 0 Å². The molecule has 0 spiro atoms. The summed E-state index contributed by atoms with van der Waals surface area (Å²) in [5.41, 5.74) is 0. The monoisotopic (exact) mass is 592 g/mol. The number of hydrogen-bond acceptors (Lipinski definition) is 3. The Kier molecular flexibility index (Phi) is 27.4. The van der Waals surface area contributed by atoms with E-state index in [9.17, 15) is 9.59 Å². The molecule has 0 saturated heterocycles. The van der Waals surface area contributed by atoms with Crippen molar-refractivity contribution in [3.05, 3.63) is 0 Å². The summed E-state index contributed by atoms with van der Waals surface area (Å²) >= 11 is 2.47. The van der Waals surface area contributed by atoms with Gasteiger partial charge in [0, 0.05) is 12.8 Å². The van der Waals surface area contributed by atoms with Crippen LogP contribution in [0.25, 0.3) is 0 Å². The molecule has 0 aromatic rings. The van der Waals surface area contributed by atoms with Gasteiger partial charge in [0.1, 0.15) is 11.9 Å². The van der Waals surface area contributed by atoms with Crippen molar-refractivity contribution < 1.29 is 14.3 Å². The fourth-order valence-electron chi connectivity index (χ4n) is 4.58. The first kappa shape index (κ1) is 33.9. The summed E-state index contributed by atoms with van der Waals surface area (Å²) in [6.45, 7) is 3.85. The maximum atomic E-state index is 12.3. The summed E-state index contributed by atoms with van der Waals surface area (Å²) in [6, 6.07) is 0. The summed E-state index contributed by atoms with van der Waals surface area (Å²) in [4.78, 5) is 23.9. The second-order valence-corrected chi connectivity index (χ2v) is 11.4. The van der Waals surface area contributed by atoms with Crippen molar-refractivity contribution >= 4 is 34.3 Å². The summed E-state index contributed by atoms with van der Waals surface area (Å²) in [6.07, 6.45) is 28.6. The number of halogens is 1. The number of alkyl halides is 1. The molecule has 0 heterocycles. The van der Waals surface area contributed by atoms with E-state index in [0.29, 0.717) is 12.8 Å². The third-order valence-electron chi connectivity index (χ3n) is 6.71. The third kappa shape index (κ3) is 26.5. The molecule has 0 N–H and O–H groups in total. The van der Waals surface area contributed by atoms with Crippen molar-refractivity contribution in [2.24, 2.45) is 0 Å². The minimum absolute atomic E-state index is 0.107. The van der Waals surface area contributed by atoms with E-state index in [1.165, 1.54) is 120 Å². The Labute approximate surface area is 226 Å². The minimum atomic E-state index is -0.212. The normalized spacial score (nSPS) is 12.1. The van der Waals surface area contributed by atoms with E-state index in [1.807, 2.05) is 0 Å². The van der Waals surface area contributed by atoms with Crippen LogP contribution in [-0.4, -0.2) is 22.3 Å². The first-order valence-corrected chi connectivity index (χ1v) is 16.4. The van der Waals surface area contributed by atoms with E-state index in [1.54, 1.807) is 6.92 Å². The number of carbonyl (C=O) groups excluding carboxylic acids is 2. The number of unbranched alkanes of at least 4 members (excludes halogenated alkanes) is 19. The number of rotatable bonds is 27. The predicted octanol–water partition coefficient (Wildman–Crippen LogP) is 10.3. The van der Waals surface area contributed by atoms with Gasteiger partial charge >= 0.3 is 5.97 Å². The Morgan fingerprint density at radius 2 is 1.03 bits per heavy atom. The summed E-state index contributed by atoms with van der Waals surface area (Å²) in [7, 11) is 0. The molecule has 0 bridgehead atoms. The average molecular weight is 593 g/mol. The summed E-state index contributed by atoms with van der Waals surface area (Å²) in [5.74, 6) is 0.0131. The predicted molar refractivity (Wildman–Crippen MR) is 156 cm³/mol. The standard InChI is InChI=1S/C30H57IO3/c1-3-4-5-6-7-12-15-18-21-24-29(27-28(2)32)34-30(33)25-22-19-16-13-10-8-9-11-14-17-20-23-26-31/h29H,3-27H2,1-2H3/t29-/m1/s1. The van der Waals surface area contributed by atoms with Gasteiger partial charge in [-0.05, 0) is 37.0 Å². The molecule has 0 aliphatic rings. The number of Topliss-reactive ketones (excluding diaryl/α,β-unsaturated/α-hetero) is 1. The number of hydrogen-bond donors (Lipinski definition) is 0. The molecule has 0 aliphatic heterocycles. The molecular weight excluding hydrogens is 535 g/mol. The quantitative estimate of drug-likeness (QED) is 0.0413. The van der Waals surface area contributed by atoms with E-state index in [0.717, 1.165) is 25.7 Å². The van der Waals surface area contributed by atoms with E-state index in [2.05, 4.69) is 29.5 Å². The molecule has 0 saturated carbocycles. The molecule has 1 atom stereocenters. The molecule has 0 unspecified atom stereocenters. The second kappa shape index (κ2) is 27.5. The zero-order chi connectivity index (χ0) is 25.1. The van der Waals surface area contributed by atoms with Crippen LogP contribution < -0.4 is 0 Å². The van der Waals surface area contributed by atoms with Gasteiger partial charge in [-0.2, -0.15) is 0 Å². The zero-order valence-corrected chi connectivity index (χ0v) is 25.0. The fourth-order valence-corrected chi connectivity index (χ4v) is 5.12. The van der Waals surface area contributed by atoms with Gasteiger partial charge < -0.3 is 4.74 Å². The summed E-state index contributed by atoms with van der Waals surface area (Å²) in [5, 5.41) is 0. The summed E-state index contributed by atoms with van der Waals surface area (Å²) < 4.78 is 6.98. The van der Waals surface area contributed by atoms with Gasteiger partial charge in [0.05, 0.1) is 0 Å². The van der Waals surface area contributed by atoms with Crippen LogP contribution in [0, 0.1) is 0 Å². The highest BCUT2D eigenvalue weighted by Crippen LogP contribution is 2.16. The van der Waals surface area contributed by atoms with Crippen LogP contribution in [0.1, 0.15) is 168 Å². The Balaban J connectivity index is 3.67. The molecule has 0 aromatic carbocycles. The van der Waals surface area contributed by atoms with Crippen molar-refractivity contribution in [3.63, 3.8) is 0 Å². The lowest BCUT2D eigenvalue weighted by Gasteiger charge is -2.17. The number of carbonyl (C=O) groups is 2. The van der Waals surface area contributed by atoms with Crippen molar-refractivity contribution in [2.45, 2.75) is 174 Å². The molecule has 0 amide bonds. The highest BCUT2D eigenvalue weighted by molar-refractivity contribution is 14.1. The Morgan fingerprint density at radius 1 is 0.618 bits per heavy atom. The van der Waals surface area contributed by atoms with Crippen LogP contribution in [0.4, 0.5) is 0 Å². The maximum Gasteiger partial charge on any atom is 0.306 e. The van der Waals surface area contributed by atoms with Crippen molar-refractivity contribution in [1.29, 1.82) is 0 Å². The van der Waals surface area contributed by atoms with E-state index in [4.69, 9.17) is 4.74 Å². The van der Waals surface area contributed by atoms with E-state index in [-0.39, 0.29) is 17.9 Å². The van der Waals surface area contributed by atoms with Gasteiger partial charge in [0.25, 0.3) is 0 Å². The maximum absolute atomic E-state index is 12.3. The lowest BCUT2D eigenvalue weighted by Crippen LogP contribution is -2.20. The number of ketones is 1. The fraction of sp³-hybridized carbons (Fsp3) is 0.933. The largest absolute Gasteiger partial charge is 0.462 e. The Bertz CT molecular complexity index is 452. The first-order chi connectivity index (χ1) is 16.6. The number of esters is 1. The molecular formula is C30H57IO3. The molecule has 0 rings (SSSR count). The van der Waals surface area contributed by atoms with Crippen LogP contribution in [0.15, 0.2) is 0 Å². The van der Waals surface area contributed by atoms with Crippen LogP contribution in [-0.2, 0) is 14.3 Å². The first-order valence-electron chi connectivity index (χ1n) is 14.8. The lowest BCUT2D eigenvalue weighted by atomic mass is 10.0. The number of ether oxygens (including phenoxy) is 1. The minimum Gasteiger partial charge on any atom is -0.462 e. The van der Waals surface area contributed by atoms with Gasteiger partial charge in [0.2, 0.25) is 0 Å². The average Bonchev–Trinajstić information content (AvgIpc) is 2.80.